The summed E-state index contributed by atoms with van der Waals surface area (Å²) in [4.78, 5) is 14.5. The van der Waals surface area contributed by atoms with E-state index in [2.05, 4.69) is 10.2 Å². The van der Waals surface area contributed by atoms with E-state index in [0.29, 0.717) is 25.0 Å². The number of amides is 1. The second-order valence-electron chi connectivity index (χ2n) is 6.08. The SMILES string of the molecule is O=C(CCCOc1ccccc1)NC1CN2CCC1CC2. The fourth-order valence-corrected chi connectivity index (χ4v) is 3.35. The van der Waals surface area contributed by atoms with Crippen molar-refractivity contribution >= 4 is 5.91 Å². The third kappa shape index (κ3) is 3.97. The van der Waals surface area contributed by atoms with Gasteiger partial charge in [-0.2, -0.15) is 0 Å². The molecule has 4 heteroatoms. The lowest BCUT2D eigenvalue weighted by atomic mass is 9.84. The van der Waals surface area contributed by atoms with Crippen molar-refractivity contribution < 1.29 is 9.53 Å². The van der Waals surface area contributed by atoms with Gasteiger partial charge in [0.2, 0.25) is 5.91 Å². The average molecular weight is 288 g/mol. The minimum Gasteiger partial charge on any atom is -0.494 e. The van der Waals surface area contributed by atoms with Crippen LogP contribution < -0.4 is 10.1 Å². The fourth-order valence-electron chi connectivity index (χ4n) is 3.35. The summed E-state index contributed by atoms with van der Waals surface area (Å²) in [6, 6.07) is 10.1. The molecule has 2 bridgehead atoms. The predicted octanol–water partition coefficient (Wildman–Crippen LogP) is 2.06. The third-order valence-corrected chi connectivity index (χ3v) is 4.56. The van der Waals surface area contributed by atoms with Crippen molar-refractivity contribution in [1.29, 1.82) is 0 Å². The second kappa shape index (κ2) is 6.94. The molecule has 0 saturated carbocycles. The van der Waals surface area contributed by atoms with Crippen LogP contribution in [0.1, 0.15) is 25.7 Å². The van der Waals surface area contributed by atoms with E-state index >= 15 is 0 Å². The van der Waals surface area contributed by atoms with Gasteiger partial charge in [0, 0.05) is 19.0 Å². The van der Waals surface area contributed by atoms with Crippen molar-refractivity contribution in [2.45, 2.75) is 31.7 Å². The van der Waals surface area contributed by atoms with Crippen LogP contribution in [0, 0.1) is 5.92 Å². The molecule has 1 aromatic rings. The normalized spacial score (nSPS) is 27.3. The van der Waals surface area contributed by atoms with Crippen LogP contribution in [0.25, 0.3) is 0 Å². The Balaban J connectivity index is 1.33. The van der Waals surface area contributed by atoms with Gasteiger partial charge in [-0.15, -0.1) is 0 Å². The number of rotatable bonds is 6. The number of carbonyl (C=O) groups excluding carboxylic acids is 1. The molecule has 1 amide bonds. The summed E-state index contributed by atoms with van der Waals surface area (Å²) in [7, 11) is 0. The monoisotopic (exact) mass is 288 g/mol. The number of piperidine rings is 3. The van der Waals surface area contributed by atoms with Crippen molar-refractivity contribution in [1.82, 2.24) is 10.2 Å². The second-order valence-corrected chi connectivity index (χ2v) is 6.08. The van der Waals surface area contributed by atoms with Crippen LogP contribution in [-0.2, 0) is 4.79 Å². The molecule has 4 nitrogen and oxygen atoms in total. The minimum atomic E-state index is 0.172. The maximum Gasteiger partial charge on any atom is 0.220 e. The predicted molar refractivity (Wildman–Crippen MR) is 82.3 cm³/mol. The van der Waals surface area contributed by atoms with Crippen LogP contribution in [-0.4, -0.2) is 43.1 Å². The van der Waals surface area contributed by atoms with Crippen LogP contribution in [0.5, 0.6) is 5.75 Å². The maximum absolute atomic E-state index is 12.0. The van der Waals surface area contributed by atoms with E-state index in [9.17, 15) is 4.79 Å². The van der Waals surface area contributed by atoms with Gasteiger partial charge < -0.3 is 15.0 Å². The molecule has 0 aliphatic carbocycles. The summed E-state index contributed by atoms with van der Waals surface area (Å²) in [5.41, 5.74) is 0. The summed E-state index contributed by atoms with van der Waals surface area (Å²) in [6.07, 6.45) is 3.79. The zero-order chi connectivity index (χ0) is 14.5. The summed E-state index contributed by atoms with van der Waals surface area (Å²) in [5.74, 6) is 1.74. The molecule has 3 fully saturated rings. The maximum atomic E-state index is 12.0. The molecule has 1 unspecified atom stereocenters. The first kappa shape index (κ1) is 14.4. The zero-order valence-corrected chi connectivity index (χ0v) is 12.5. The van der Waals surface area contributed by atoms with E-state index in [1.807, 2.05) is 30.3 Å². The van der Waals surface area contributed by atoms with Crippen molar-refractivity contribution in [3.05, 3.63) is 30.3 Å². The molecule has 3 aliphatic rings. The Morgan fingerprint density at radius 2 is 2.00 bits per heavy atom. The van der Waals surface area contributed by atoms with Gasteiger partial charge >= 0.3 is 0 Å². The standard InChI is InChI=1S/C17H24N2O2/c20-17(7-4-12-21-15-5-2-1-3-6-15)18-16-13-19-10-8-14(16)9-11-19/h1-3,5-6,14,16H,4,7-13H2,(H,18,20). The number of para-hydroxylation sites is 1. The lowest BCUT2D eigenvalue weighted by molar-refractivity contribution is -0.123. The first-order chi connectivity index (χ1) is 10.3. The average Bonchev–Trinajstić information content (AvgIpc) is 2.54. The van der Waals surface area contributed by atoms with Crippen LogP contribution in [0.4, 0.5) is 0 Å². The highest BCUT2D eigenvalue weighted by molar-refractivity contribution is 5.76. The Bertz CT molecular complexity index is 455. The lowest BCUT2D eigenvalue weighted by Gasteiger charge is -2.44. The number of nitrogens with one attached hydrogen (secondary N) is 1. The third-order valence-electron chi connectivity index (χ3n) is 4.56. The summed E-state index contributed by atoms with van der Waals surface area (Å²) in [5, 5.41) is 3.21. The van der Waals surface area contributed by atoms with Crippen molar-refractivity contribution in [3.8, 4) is 5.75 Å². The van der Waals surface area contributed by atoms with E-state index in [-0.39, 0.29) is 5.91 Å². The molecule has 3 saturated heterocycles. The van der Waals surface area contributed by atoms with Crippen LogP contribution in [0.15, 0.2) is 30.3 Å². The Hall–Kier alpha value is -1.55. The smallest absolute Gasteiger partial charge is 0.220 e. The lowest BCUT2D eigenvalue weighted by Crippen LogP contribution is -2.57. The minimum absolute atomic E-state index is 0.172. The van der Waals surface area contributed by atoms with E-state index < -0.39 is 0 Å². The van der Waals surface area contributed by atoms with Gasteiger partial charge in [0.05, 0.1) is 6.61 Å². The first-order valence-electron chi connectivity index (χ1n) is 8.01. The van der Waals surface area contributed by atoms with E-state index in [1.54, 1.807) is 0 Å². The molecule has 3 aliphatic heterocycles. The quantitative estimate of drug-likeness (QED) is 0.815. The Labute approximate surface area is 126 Å². The molecule has 21 heavy (non-hydrogen) atoms. The highest BCUT2D eigenvalue weighted by Crippen LogP contribution is 2.27. The highest BCUT2D eigenvalue weighted by Gasteiger charge is 2.34. The summed E-state index contributed by atoms with van der Waals surface area (Å²) >= 11 is 0. The Kier molecular flexibility index (Phi) is 4.76. The Morgan fingerprint density at radius 3 is 2.67 bits per heavy atom. The van der Waals surface area contributed by atoms with Gasteiger partial charge in [0.15, 0.2) is 0 Å². The van der Waals surface area contributed by atoms with E-state index in [4.69, 9.17) is 4.74 Å². The van der Waals surface area contributed by atoms with Gasteiger partial charge in [-0.1, -0.05) is 18.2 Å². The molecule has 1 atom stereocenters. The number of fused-ring (bicyclic) bond motifs is 3. The van der Waals surface area contributed by atoms with Gasteiger partial charge in [-0.25, -0.2) is 0 Å². The number of hydrogen-bond acceptors (Lipinski definition) is 3. The van der Waals surface area contributed by atoms with Crippen molar-refractivity contribution in [2.75, 3.05) is 26.2 Å². The molecular weight excluding hydrogens is 264 g/mol. The largest absolute Gasteiger partial charge is 0.494 e. The van der Waals surface area contributed by atoms with Gasteiger partial charge in [0.1, 0.15) is 5.75 Å². The topological polar surface area (TPSA) is 41.6 Å². The van der Waals surface area contributed by atoms with Crippen molar-refractivity contribution in [2.24, 2.45) is 5.92 Å². The number of nitrogens with zero attached hydrogens (tertiary/aromatic N) is 1. The summed E-state index contributed by atoms with van der Waals surface area (Å²) in [6.45, 7) is 4.05. The number of ether oxygens (including phenoxy) is 1. The highest BCUT2D eigenvalue weighted by atomic mass is 16.5. The van der Waals surface area contributed by atoms with Gasteiger partial charge in [0.25, 0.3) is 0 Å². The molecule has 0 spiro atoms. The van der Waals surface area contributed by atoms with Gasteiger partial charge in [-0.05, 0) is 50.4 Å². The van der Waals surface area contributed by atoms with Crippen LogP contribution in [0.2, 0.25) is 0 Å². The molecule has 1 N–H and O–H groups in total. The number of benzene rings is 1. The van der Waals surface area contributed by atoms with Crippen molar-refractivity contribution in [3.63, 3.8) is 0 Å². The van der Waals surface area contributed by atoms with Crippen LogP contribution >= 0.6 is 0 Å². The summed E-state index contributed by atoms with van der Waals surface area (Å²) < 4.78 is 5.61. The first-order valence-corrected chi connectivity index (χ1v) is 8.01. The van der Waals surface area contributed by atoms with Gasteiger partial charge in [-0.3, -0.25) is 4.79 Å². The Morgan fingerprint density at radius 1 is 1.24 bits per heavy atom. The number of carbonyl (C=O) groups is 1. The molecule has 114 valence electrons. The molecule has 1 aromatic carbocycles. The molecular formula is C17H24N2O2. The molecule has 0 aromatic heterocycles. The molecule has 0 radical (unpaired) electrons. The number of hydrogen-bond donors (Lipinski definition) is 1. The molecule has 4 rings (SSSR count). The van der Waals surface area contributed by atoms with Crippen LogP contribution in [0.3, 0.4) is 0 Å². The van der Waals surface area contributed by atoms with E-state index in [1.165, 1.54) is 25.9 Å². The molecule has 3 heterocycles. The zero-order valence-electron chi connectivity index (χ0n) is 12.5. The van der Waals surface area contributed by atoms with E-state index in [0.717, 1.165) is 18.7 Å². The fraction of sp³-hybridized carbons (Fsp3) is 0.588.